The summed E-state index contributed by atoms with van der Waals surface area (Å²) in [6.45, 7) is 3.91. The van der Waals surface area contributed by atoms with Gasteiger partial charge in [0, 0.05) is 19.0 Å². The van der Waals surface area contributed by atoms with Crippen LogP contribution in [-0.2, 0) is 10.3 Å². The van der Waals surface area contributed by atoms with Crippen LogP contribution in [-0.4, -0.2) is 25.1 Å². The fourth-order valence-corrected chi connectivity index (χ4v) is 2.43. The summed E-state index contributed by atoms with van der Waals surface area (Å²) in [5.74, 6) is 0.559. The molecule has 1 heterocycles. The zero-order valence-electron chi connectivity index (χ0n) is 10.3. The Morgan fingerprint density at radius 3 is 2.76 bits per heavy atom. The van der Waals surface area contributed by atoms with Crippen LogP contribution < -0.4 is 5.32 Å². The number of benzene rings is 1. The van der Waals surface area contributed by atoms with Crippen molar-refractivity contribution in [1.29, 1.82) is 0 Å². The topological polar surface area (TPSA) is 21.3 Å². The number of hydrogen-bond acceptors (Lipinski definition) is 2. The number of hydrogen-bond donors (Lipinski definition) is 1. The molecule has 3 heteroatoms. The molecule has 94 valence electrons. The first kappa shape index (κ1) is 12.9. The predicted octanol–water partition coefficient (Wildman–Crippen LogP) is 2.91. The first-order chi connectivity index (χ1) is 8.24. The number of nitrogens with one attached hydrogen (secondary N) is 1. The predicted molar refractivity (Wildman–Crippen MR) is 71.5 cm³/mol. The lowest BCUT2D eigenvalue weighted by Crippen LogP contribution is -2.44. The summed E-state index contributed by atoms with van der Waals surface area (Å²) in [5, 5.41) is 3.55. The minimum atomic E-state index is -0.172. The van der Waals surface area contributed by atoms with Crippen LogP contribution in [0.4, 0.5) is 0 Å². The molecule has 2 rings (SSSR count). The molecule has 0 aliphatic carbocycles. The molecule has 1 aromatic carbocycles. The standard InChI is InChI=1S/C14H20ClNO/c1-14(11-15,12-6-3-2-4-7-12)16-10-13-8-5-9-17-13/h2-4,6-7,13,16H,5,8-11H2,1H3. The van der Waals surface area contributed by atoms with Crippen molar-refractivity contribution in [3.05, 3.63) is 35.9 Å². The van der Waals surface area contributed by atoms with Gasteiger partial charge in [0.1, 0.15) is 0 Å². The number of rotatable bonds is 5. The number of ether oxygens (including phenoxy) is 1. The average Bonchev–Trinajstić information content (AvgIpc) is 2.90. The van der Waals surface area contributed by atoms with Crippen molar-refractivity contribution < 1.29 is 4.74 Å². The molecular formula is C14H20ClNO. The summed E-state index contributed by atoms with van der Waals surface area (Å²) in [4.78, 5) is 0. The molecule has 0 spiro atoms. The van der Waals surface area contributed by atoms with Crippen LogP contribution >= 0.6 is 11.6 Å². The molecule has 0 bridgehead atoms. The molecule has 2 nitrogen and oxygen atoms in total. The lowest BCUT2D eigenvalue weighted by atomic mass is 9.94. The third-order valence-electron chi connectivity index (χ3n) is 3.42. The van der Waals surface area contributed by atoms with Crippen LogP contribution in [0.2, 0.25) is 0 Å². The van der Waals surface area contributed by atoms with Gasteiger partial charge in [-0.2, -0.15) is 0 Å². The van der Waals surface area contributed by atoms with E-state index in [2.05, 4.69) is 24.4 Å². The lowest BCUT2D eigenvalue weighted by molar-refractivity contribution is 0.103. The SMILES string of the molecule is CC(CCl)(NCC1CCCO1)c1ccccc1. The third kappa shape index (κ3) is 3.21. The second kappa shape index (κ2) is 5.85. The van der Waals surface area contributed by atoms with E-state index in [1.165, 1.54) is 12.0 Å². The maximum absolute atomic E-state index is 6.13. The summed E-state index contributed by atoms with van der Waals surface area (Å²) in [6.07, 6.45) is 2.68. The van der Waals surface area contributed by atoms with Crippen LogP contribution in [0.25, 0.3) is 0 Å². The van der Waals surface area contributed by atoms with Crippen LogP contribution in [0.1, 0.15) is 25.3 Å². The normalized spacial score (nSPS) is 23.5. The second-order valence-corrected chi connectivity index (χ2v) is 5.11. The Kier molecular flexibility index (Phi) is 4.43. The van der Waals surface area contributed by atoms with Crippen molar-refractivity contribution in [3.63, 3.8) is 0 Å². The quantitative estimate of drug-likeness (QED) is 0.815. The summed E-state index contributed by atoms with van der Waals surface area (Å²) < 4.78 is 5.62. The fourth-order valence-electron chi connectivity index (χ4n) is 2.18. The molecule has 1 N–H and O–H groups in total. The van der Waals surface area contributed by atoms with E-state index in [0.29, 0.717) is 12.0 Å². The largest absolute Gasteiger partial charge is 0.377 e. The Bertz CT molecular complexity index is 337. The van der Waals surface area contributed by atoms with Crippen molar-refractivity contribution in [2.45, 2.75) is 31.4 Å². The highest BCUT2D eigenvalue weighted by Crippen LogP contribution is 2.23. The molecular weight excluding hydrogens is 234 g/mol. The fraction of sp³-hybridized carbons (Fsp3) is 0.571. The highest BCUT2D eigenvalue weighted by atomic mass is 35.5. The molecule has 1 fully saturated rings. The van der Waals surface area contributed by atoms with Gasteiger partial charge in [0.25, 0.3) is 0 Å². The first-order valence-electron chi connectivity index (χ1n) is 6.23. The molecule has 17 heavy (non-hydrogen) atoms. The minimum Gasteiger partial charge on any atom is -0.377 e. The van der Waals surface area contributed by atoms with Crippen molar-refractivity contribution in [1.82, 2.24) is 5.32 Å². The highest BCUT2D eigenvalue weighted by Gasteiger charge is 2.27. The zero-order chi connectivity index (χ0) is 12.1. The van der Waals surface area contributed by atoms with E-state index in [1.54, 1.807) is 0 Å². The van der Waals surface area contributed by atoms with E-state index in [9.17, 15) is 0 Å². The van der Waals surface area contributed by atoms with Crippen LogP contribution in [0.5, 0.6) is 0 Å². The smallest absolute Gasteiger partial charge is 0.0700 e. The van der Waals surface area contributed by atoms with Crippen LogP contribution in [0.15, 0.2) is 30.3 Å². The van der Waals surface area contributed by atoms with E-state index in [0.717, 1.165) is 19.6 Å². The molecule has 2 atom stereocenters. The summed E-state index contributed by atoms with van der Waals surface area (Å²) in [5.41, 5.74) is 1.06. The van der Waals surface area contributed by atoms with Gasteiger partial charge in [-0.25, -0.2) is 0 Å². The number of halogens is 1. The van der Waals surface area contributed by atoms with Crippen molar-refractivity contribution in [3.8, 4) is 0 Å². The third-order valence-corrected chi connectivity index (χ3v) is 3.96. The molecule has 1 saturated heterocycles. The Balaban J connectivity index is 1.98. The average molecular weight is 254 g/mol. The van der Waals surface area contributed by atoms with Gasteiger partial charge in [0.2, 0.25) is 0 Å². The molecule has 2 unspecified atom stereocenters. The van der Waals surface area contributed by atoms with Crippen LogP contribution in [0, 0.1) is 0 Å². The molecule has 0 radical (unpaired) electrons. The molecule has 0 aromatic heterocycles. The van der Waals surface area contributed by atoms with Gasteiger partial charge >= 0.3 is 0 Å². The first-order valence-corrected chi connectivity index (χ1v) is 6.76. The van der Waals surface area contributed by atoms with E-state index in [4.69, 9.17) is 16.3 Å². The van der Waals surface area contributed by atoms with E-state index in [1.807, 2.05) is 18.2 Å². The zero-order valence-corrected chi connectivity index (χ0v) is 11.0. The monoisotopic (exact) mass is 253 g/mol. The van der Waals surface area contributed by atoms with Gasteiger partial charge in [-0.1, -0.05) is 30.3 Å². The molecule has 1 aliphatic heterocycles. The number of alkyl halides is 1. The van der Waals surface area contributed by atoms with Gasteiger partial charge in [0.15, 0.2) is 0 Å². The molecule has 1 aliphatic rings. The Hall–Kier alpha value is -0.570. The Labute approximate surface area is 108 Å². The van der Waals surface area contributed by atoms with Gasteiger partial charge < -0.3 is 10.1 Å². The van der Waals surface area contributed by atoms with Crippen LogP contribution in [0.3, 0.4) is 0 Å². The maximum Gasteiger partial charge on any atom is 0.0700 e. The van der Waals surface area contributed by atoms with Crippen molar-refractivity contribution >= 4 is 11.6 Å². The minimum absolute atomic E-state index is 0.172. The van der Waals surface area contributed by atoms with E-state index in [-0.39, 0.29) is 5.54 Å². The second-order valence-electron chi connectivity index (χ2n) is 4.85. The van der Waals surface area contributed by atoms with Gasteiger partial charge in [-0.05, 0) is 25.3 Å². The van der Waals surface area contributed by atoms with E-state index < -0.39 is 0 Å². The summed E-state index contributed by atoms with van der Waals surface area (Å²) in [6, 6.07) is 10.4. The van der Waals surface area contributed by atoms with Crippen molar-refractivity contribution in [2.24, 2.45) is 0 Å². The lowest BCUT2D eigenvalue weighted by Gasteiger charge is -2.30. The molecule has 0 saturated carbocycles. The Morgan fingerprint density at radius 1 is 1.41 bits per heavy atom. The van der Waals surface area contributed by atoms with E-state index >= 15 is 0 Å². The molecule has 0 amide bonds. The Morgan fingerprint density at radius 2 is 2.18 bits per heavy atom. The summed E-state index contributed by atoms with van der Waals surface area (Å²) >= 11 is 6.13. The highest BCUT2D eigenvalue weighted by molar-refractivity contribution is 6.18. The van der Waals surface area contributed by atoms with Gasteiger partial charge in [0.05, 0.1) is 11.6 Å². The summed E-state index contributed by atoms with van der Waals surface area (Å²) in [7, 11) is 0. The van der Waals surface area contributed by atoms with Crippen molar-refractivity contribution in [2.75, 3.05) is 19.0 Å². The van der Waals surface area contributed by atoms with Gasteiger partial charge in [-0.15, -0.1) is 11.6 Å². The maximum atomic E-state index is 6.13. The molecule has 1 aromatic rings. The van der Waals surface area contributed by atoms with Gasteiger partial charge in [-0.3, -0.25) is 0 Å².